The number of carbonyl (C=O) groups excluding carboxylic acids is 2. The van der Waals surface area contributed by atoms with E-state index in [0.717, 1.165) is 50.5 Å². The van der Waals surface area contributed by atoms with E-state index in [-0.39, 0.29) is 36.9 Å². The molecule has 0 spiro atoms. The third-order valence-corrected chi connectivity index (χ3v) is 8.94. The maximum atomic E-state index is 13.4. The van der Waals surface area contributed by atoms with E-state index < -0.39 is 10.0 Å². The molecule has 170 valence electrons. The lowest BCUT2D eigenvalue weighted by atomic mass is 9.92. The van der Waals surface area contributed by atoms with Gasteiger partial charge in [-0.3, -0.25) is 9.59 Å². The molecule has 0 aromatic heterocycles. The molecule has 0 radical (unpaired) electrons. The van der Waals surface area contributed by atoms with Crippen LogP contribution in [0, 0.1) is 5.92 Å². The summed E-state index contributed by atoms with van der Waals surface area (Å²) in [5.74, 6) is -0.317. The van der Waals surface area contributed by atoms with Crippen LogP contribution < -0.4 is 5.32 Å². The summed E-state index contributed by atoms with van der Waals surface area (Å²) in [4.78, 5) is 27.2. The summed E-state index contributed by atoms with van der Waals surface area (Å²) in [6.45, 7) is 2.86. The van der Waals surface area contributed by atoms with Gasteiger partial charge < -0.3 is 10.2 Å². The summed E-state index contributed by atoms with van der Waals surface area (Å²) in [7, 11) is -3.67. The molecule has 2 aliphatic carbocycles. The molecule has 8 heteroatoms. The minimum Gasteiger partial charge on any atom is -0.354 e. The van der Waals surface area contributed by atoms with Gasteiger partial charge in [0.2, 0.25) is 21.8 Å². The largest absolute Gasteiger partial charge is 0.354 e. The van der Waals surface area contributed by atoms with E-state index in [9.17, 15) is 18.0 Å². The normalized spacial score (nSPS) is 25.8. The highest BCUT2D eigenvalue weighted by Gasteiger charge is 2.38. The van der Waals surface area contributed by atoms with Gasteiger partial charge in [0.15, 0.2) is 0 Å². The average Bonchev–Trinajstić information content (AvgIpc) is 3.22. The molecule has 1 heterocycles. The van der Waals surface area contributed by atoms with Crippen molar-refractivity contribution in [2.75, 3.05) is 26.2 Å². The zero-order chi connectivity index (χ0) is 22.0. The summed E-state index contributed by atoms with van der Waals surface area (Å²) in [6, 6.07) is 5.42. The number of hydrogen-bond acceptors (Lipinski definition) is 4. The minimum atomic E-state index is -3.67. The highest BCUT2D eigenvalue weighted by molar-refractivity contribution is 7.89. The molecule has 1 aliphatic heterocycles. The highest BCUT2D eigenvalue weighted by Crippen LogP contribution is 2.31. The van der Waals surface area contributed by atoms with Crippen LogP contribution in [0.15, 0.2) is 23.1 Å². The van der Waals surface area contributed by atoms with Crippen LogP contribution in [-0.2, 0) is 32.5 Å². The van der Waals surface area contributed by atoms with E-state index in [0.29, 0.717) is 24.4 Å². The number of benzene rings is 1. The van der Waals surface area contributed by atoms with Gasteiger partial charge in [0.05, 0.1) is 10.8 Å². The van der Waals surface area contributed by atoms with E-state index in [2.05, 4.69) is 5.32 Å². The lowest BCUT2D eigenvalue weighted by molar-refractivity contribution is -0.134. The van der Waals surface area contributed by atoms with Gasteiger partial charge in [-0.1, -0.05) is 12.5 Å². The summed E-state index contributed by atoms with van der Waals surface area (Å²) in [6.07, 6.45) is 7.27. The van der Waals surface area contributed by atoms with E-state index in [1.54, 1.807) is 11.0 Å². The average molecular weight is 448 g/mol. The zero-order valence-corrected chi connectivity index (χ0v) is 19.1. The molecule has 2 fully saturated rings. The van der Waals surface area contributed by atoms with Crippen LogP contribution in [0.5, 0.6) is 0 Å². The summed E-state index contributed by atoms with van der Waals surface area (Å²) < 4.78 is 28.4. The first-order chi connectivity index (χ1) is 14.9. The Hall–Kier alpha value is -1.93. The molecule has 2 amide bonds. The predicted octanol–water partition coefficient (Wildman–Crippen LogP) is 2.09. The maximum Gasteiger partial charge on any atom is 0.243 e. The van der Waals surface area contributed by atoms with E-state index >= 15 is 0 Å². The van der Waals surface area contributed by atoms with Crippen molar-refractivity contribution in [1.29, 1.82) is 0 Å². The molecule has 0 unspecified atom stereocenters. The van der Waals surface area contributed by atoms with Crippen LogP contribution in [0.25, 0.3) is 0 Å². The Kier molecular flexibility index (Phi) is 6.67. The number of hydrogen-bond donors (Lipinski definition) is 1. The first-order valence-corrected chi connectivity index (χ1v) is 13.0. The monoisotopic (exact) mass is 447 g/mol. The van der Waals surface area contributed by atoms with E-state index in [1.165, 1.54) is 16.8 Å². The van der Waals surface area contributed by atoms with Gasteiger partial charge >= 0.3 is 0 Å². The molecule has 1 saturated heterocycles. The molecule has 1 saturated carbocycles. The Balaban J connectivity index is 1.56. The molecule has 1 aromatic carbocycles. The minimum absolute atomic E-state index is 0.0481. The Labute approximate surface area is 185 Å². The number of nitrogens with one attached hydrogen (secondary N) is 1. The second kappa shape index (κ2) is 9.28. The van der Waals surface area contributed by atoms with Crippen molar-refractivity contribution in [2.24, 2.45) is 5.92 Å². The standard InChI is InChI=1S/C23H33N3O4S/c1-17(27)26-14-5-13-25(15-12-24-23(28)21-8-4-9-22(21)26)31(29,30)20-11-10-18-6-2-3-7-19(18)16-20/h10-11,16,21-22H,2-9,12-15H2,1H3,(H,24,28)/t21-,22+/m1/s1. The van der Waals surface area contributed by atoms with Crippen LogP contribution in [0.3, 0.4) is 0 Å². The molecular formula is C23H33N3O4S. The van der Waals surface area contributed by atoms with Gasteiger partial charge in [-0.05, 0) is 68.2 Å². The molecular weight excluding hydrogens is 414 g/mol. The predicted molar refractivity (Wildman–Crippen MR) is 118 cm³/mol. The van der Waals surface area contributed by atoms with E-state index in [4.69, 9.17) is 0 Å². The number of carbonyl (C=O) groups is 2. The summed E-state index contributed by atoms with van der Waals surface area (Å²) >= 11 is 0. The van der Waals surface area contributed by atoms with Gasteiger partial charge in [0.1, 0.15) is 0 Å². The van der Waals surface area contributed by atoms with Crippen LogP contribution in [-0.4, -0.2) is 61.7 Å². The van der Waals surface area contributed by atoms with Crippen molar-refractivity contribution >= 4 is 21.8 Å². The Morgan fingerprint density at radius 1 is 1.00 bits per heavy atom. The molecule has 1 N–H and O–H groups in total. The Bertz CT molecular complexity index is 946. The van der Waals surface area contributed by atoms with Gasteiger partial charge in [-0.25, -0.2) is 8.42 Å². The summed E-state index contributed by atoms with van der Waals surface area (Å²) in [5.41, 5.74) is 2.38. The Morgan fingerprint density at radius 3 is 2.55 bits per heavy atom. The highest BCUT2D eigenvalue weighted by atomic mass is 32.2. The van der Waals surface area contributed by atoms with Crippen molar-refractivity contribution in [3.63, 3.8) is 0 Å². The molecule has 3 aliphatic rings. The van der Waals surface area contributed by atoms with E-state index in [1.807, 2.05) is 12.1 Å². The molecule has 0 bridgehead atoms. The second-order valence-corrected chi connectivity index (χ2v) is 10.9. The van der Waals surface area contributed by atoms with Crippen LogP contribution in [0.4, 0.5) is 0 Å². The number of rotatable bonds is 2. The van der Waals surface area contributed by atoms with Crippen molar-refractivity contribution in [2.45, 2.75) is 69.2 Å². The lowest BCUT2D eigenvalue weighted by Crippen LogP contribution is -2.46. The molecule has 4 rings (SSSR count). The van der Waals surface area contributed by atoms with Gasteiger partial charge in [0.25, 0.3) is 0 Å². The number of fused-ring (bicyclic) bond motifs is 2. The fourth-order valence-electron chi connectivity index (χ4n) is 5.40. The van der Waals surface area contributed by atoms with Crippen LogP contribution in [0.1, 0.15) is 56.6 Å². The van der Waals surface area contributed by atoms with Crippen LogP contribution in [0.2, 0.25) is 0 Å². The van der Waals surface area contributed by atoms with Gasteiger partial charge in [-0.15, -0.1) is 0 Å². The zero-order valence-electron chi connectivity index (χ0n) is 18.3. The fourth-order valence-corrected chi connectivity index (χ4v) is 6.93. The number of aryl methyl sites for hydroxylation is 2. The topological polar surface area (TPSA) is 86.8 Å². The van der Waals surface area contributed by atoms with Crippen molar-refractivity contribution in [1.82, 2.24) is 14.5 Å². The Morgan fingerprint density at radius 2 is 1.77 bits per heavy atom. The van der Waals surface area contributed by atoms with Crippen molar-refractivity contribution < 1.29 is 18.0 Å². The van der Waals surface area contributed by atoms with Gasteiger partial charge in [0, 0.05) is 39.1 Å². The van der Waals surface area contributed by atoms with Crippen LogP contribution >= 0.6 is 0 Å². The second-order valence-electron chi connectivity index (χ2n) is 9.00. The fraction of sp³-hybridized carbons (Fsp3) is 0.652. The smallest absolute Gasteiger partial charge is 0.243 e. The lowest BCUT2D eigenvalue weighted by Gasteiger charge is -2.31. The van der Waals surface area contributed by atoms with Crippen molar-refractivity contribution in [3.8, 4) is 0 Å². The van der Waals surface area contributed by atoms with Crippen molar-refractivity contribution in [3.05, 3.63) is 29.3 Å². The molecule has 1 aromatic rings. The molecule has 7 nitrogen and oxygen atoms in total. The number of amides is 2. The molecule has 31 heavy (non-hydrogen) atoms. The number of sulfonamides is 1. The van der Waals surface area contributed by atoms with Gasteiger partial charge in [-0.2, -0.15) is 4.31 Å². The quantitative estimate of drug-likeness (QED) is 0.752. The summed E-state index contributed by atoms with van der Waals surface area (Å²) in [5, 5.41) is 2.93. The SMILES string of the molecule is CC(=O)N1CCCN(S(=O)(=O)c2ccc3c(c2)CCCC3)CCNC(=O)[C@@H]2CCC[C@@H]21. The first-order valence-electron chi connectivity index (χ1n) is 11.5. The third kappa shape index (κ3) is 4.65. The molecule has 2 atom stereocenters. The number of nitrogens with zero attached hydrogens (tertiary/aromatic N) is 2. The third-order valence-electron chi connectivity index (χ3n) is 7.05. The first kappa shape index (κ1) is 22.3. The maximum absolute atomic E-state index is 13.4.